The van der Waals surface area contributed by atoms with Crippen LogP contribution in [0.4, 0.5) is 8.78 Å². The molecule has 5 nitrogen and oxygen atoms in total. The van der Waals surface area contributed by atoms with E-state index >= 15 is 0 Å². The van der Waals surface area contributed by atoms with Crippen molar-refractivity contribution in [3.8, 4) is 22.7 Å². The molecule has 0 bridgehead atoms. The predicted octanol–water partition coefficient (Wildman–Crippen LogP) is 4.03. The third kappa shape index (κ3) is 2.80. The maximum absolute atomic E-state index is 13.5. The van der Waals surface area contributed by atoms with Gasteiger partial charge in [-0.3, -0.25) is 4.79 Å². The lowest BCUT2D eigenvalue weighted by Gasteiger charge is -2.39. The Morgan fingerprint density at radius 2 is 1.72 bits per heavy atom. The molecule has 1 spiro atoms. The molecule has 0 radical (unpaired) electrons. The zero-order chi connectivity index (χ0) is 20.2. The number of halogens is 2. The molecule has 0 N–H and O–H groups in total. The van der Waals surface area contributed by atoms with E-state index in [0.29, 0.717) is 0 Å². The van der Waals surface area contributed by atoms with Crippen molar-refractivity contribution in [3.05, 3.63) is 66.4 Å². The van der Waals surface area contributed by atoms with Crippen molar-refractivity contribution in [1.29, 1.82) is 0 Å². The third-order valence-corrected chi connectivity index (χ3v) is 5.80. The lowest BCUT2D eigenvalue weighted by molar-refractivity contribution is -0.0155. The van der Waals surface area contributed by atoms with Crippen LogP contribution in [-0.4, -0.2) is 46.7 Å². The van der Waals surface area contributed by atoms with E-state index < -0.39 is 11.3 Å². The van der Waals surface area contributed by atoms with E-state index in [1.54, 1.807) is 17.9 Å². The number of nitrogens with zero attached hydrogens (tertiary/aromatic N) is 3. The number of hydrogen-bond acceptors (Lipinski definition) is 3. The zero-order valence-electron chi connectivity index (χ0n) is 15.8. The molecule has 148 valence electrons. The van der Waals surface area contributed by atoms with Crippen LogP contribution >= 0.6 is 0 Å². The van der Waals surface area contributed by atoms with Crippen molar-refractivity contribution >= 4 is 5.91 Å². The first-order chi connectivity index (χ1) is 13.9. The molecular weight excluding hydrogens is 376 g/mol. The molecule has 1 amide bonds. The zero-order valence-corrected chi connectivity index (χ0v) is 15.8. The number of ether oxygens (including phenoxy) is 1. The molecule has 5 rings (SSSR count). The number of benzene rings is 2. The fraction of sp³-hybridized carbons (Fsp3) is 0.273. The summed E-state index contributed by atoms with van der Waals surface area (Å²) in [6, 6.07) is 18.7. The molecule has 0 unspecified atom stereocenters. The van der Waals surface area contributed by atoms with Gasteiger partial charge in [-0.25, -0.2) is 13.5 Å². The van der Waals surface area contributed by atoms with E-state index in [4.69, 9.17) is 4.74 Å². The van der Waals surface area contributed by atoms with Gasteiger partial charge < -0.3 is 9.64 Å². The van der Waals surface area contributed by atoms with Gasteiger partial charge in [0.25, 0.3) is 11.8 Å². The molecule has 2 aliphatic rings. The number of para-hydroxylation sites is 1. The molecule has 2 fully saturated rings. The molecule has 0 atom stereocenters. The van der Waals surface area contributed by atoms with Gasteiger partial charge in [-0.05, 0) is 42.5 Å². The van der Waals surface area contributed by atoms with Gasteiger partial charge in [0.1, 0.15) is 5.75 Å². The lowest BCUT2D eigenvalue weighted by Crippen LogP contribution is -2.54. The Labute approximate surface area is 166 Å². The highest BCUT2D eigenvalue weighted by Gasteiger charge is 2.76. The van der Waals surface area contributed by atoms with E-state index in [-0.39, 0.29) is 31.1 Å². The number of carbonyl (C=O) groups is 1. The average Bonchev–Trinajstić information content (AvgIpc) is 3.08. The number of methoxy groups -OCH3 is 1. The standard InChI is InChI=1S/C22H19F2N3O2/c1-29-17-9-7-15(8-10-17)19-11-18(25-27(19)16-5-3-2-4-6-16)20(28)26-13-21(14-26)12-22(21,23)24/h2-11H,12-14H2,1H3. The number of hydrogen-bond donors (Lipinski definition) is 0. The maximum Gasteiger partial charge on any atom is 0.274 e. The minimum absolute atomic E-state index is 0.0922. The van der Waals surface area contributed by atoms with Crippen molar-refractivity contribution < 1.29 is 18.3 Å². The number of likely N-dealkylation sites (tertiary alicyclic amines) is 1. The van der Waals surface area contributed by atoms with Crippen LogP contribution in [0.3, 0.4) is 0 Å². The van der Waals surface area contributed by atoms with Crippen molar-refractivity contribution in [2.75, 3.05) is 20.2 Å². The topological polar surface area (TPSA) is 47.4 Å². The molecule has 1 aromatic heterocycles. The summed E-state index contributed by atoms with van der Waals surface area (Å²) < 4.78 is 33.9. The minimum atomic E-state index is -2.64. The Balaban J connectivity index is 1.49. The first-order valence-corrected chi connectivity index (χ1v) is 9.39. The number of amides is 1. The van der Waals surface area contributed by atoms with Crippen LogP contribution < -0.4 is 4.74 Å². The van der Waals surface area contributed by atoms with Crippen molar-refractivity contribution in [3.63, 3.8) is 0 Å². The van der Waals surface area contributed by atoms with Gasteiger partial charge in [0, 0.05) is 25.1 Å². The highest BCUT2D eigenvalue weighted by atomic mass is 19.3. The van der Waals surface area contributed by atoms with Crippen molar-refractivity contribution in [1.82, 2.24) is 14.7 Å². The van der Waals surface area contributed by atoms with Crippen LogP contribution in [0.2, 0.25) is 0 Å². The molecule has 1 saturated heterocycles. The van der Waals surface area contributed by atoms with Crippen molar-refractivity contribution in [2.45, 2.75) is 12.3 Å². The van der Waals surface area contributed by atoms with E-state index in [1.165, 1.54) is 4.90 Å². The minimum Gasteiger partial charge on any atom is -0.497 e. The van der Waals surface area contributed by atoms with Crippen LogP contribution in [0.1, 0.15) is 16.9 Å². The highest BCUT2D eigenvalue weighted by molar-refractivity contribution is 5.94. The third-order valence-electron chi connectivity index (χ3n) is 5.80. The van der Waals surface area contributed by atoms with Gasteiger partial charge in [-0.15, -0.1) is 0 Å². The Hall–Kier alpha value is -3.22. The number of rotatable bonds is 4. The van der Waals surface area contributed by atoms with E-state index in [1.807, 2.05) is 54.6 Å². The predicted molar refractivity (Wildman–Crippen MR) is 103 cm³/mol. The fourth-order valence-electron chi connectivity index (χ4n) is 3.93. The second-order valence-electron chi connectivity index (χ2n) is 7.71. The summed E-state index contributed by atoms with van der Waals surface area (Å²) in [6.07, 6.45) is -0.126. The second kappa shape index (κ2) is 6.14. The molecule has 1 aliphatic heterocycles. The van der Waals surface area contributed by atoms with Gasteiger partial charge in [0.05, 0.1) is 23.9 Å². The van der Waals surface area contributed by atoms with Crippen LogP contribution in [0.25, 0.3) is 16.9 Å². The quantitative estimate of drug-likeness (QED) is 0.670. The normalized spacial score (nSPS) is 18.4. The monoisotopic (exact) mass is 395 g/mol. The molecule has 2 aromatic carbocycles. The van der Waals surface area contributed by atoms with Crippen LogP contribution in [0, 0.1) is 5.41 Å². The van der Waals surface area contributed by atoms with Crippen LogP contribution in [0.15, 0.2) is 60.7 Å². The summed E-state index contributed by atoms with van der Waals surface area (Å²) in [4.78, 5) is 14.3. The maximum atomic E-state index is 13.5. The SMILES string of the molecule is COc1ccc(-c2cc(C(=O)N3CC4(C3)CC4(F)F)nn2-c2ccccc2)cc1. The average molecular weight is 395 g/mol. The summed E-state index contributed by atoms with van der Waals surface area (Å²) in [5, 5.41) is 4.51. The van der Waals surface area contributed by atoms with Crippen LogP contribution in [-0.2, 0) is 0 Å². The first-order valence-electron chi connectivity index (χ1n) is 9.39. The van der Waals surface area contributed by atoms with Gasteiger partial charge >= 0.3 is 0 Å². The summed E-state index contributed by atoms with van der Waals surface area (Å²) in [5.41, 5.74) is 1.68. The molecule has 2 heterocycles. The van der Waals surface area contributed by atoms with Gasteiger partial charge in [0.15, 0.2) is 5.69 Å². The van der Waals surface area contributed by atoms with Crippen molar-refractivity contribution in [2.24, 2.45) is 5.41 Å². The van der Waals surface area contributed by atoms with Crippen LogP contribution in [0.5, 0.6) is 5.75 Å². The van der Waals surface area contributed by atoms with E-state index in [2.05, 4.69) is 5.10 Å². The summed E-state index contributed by atoms with van der Waals surface area (Å²) >= 11 is 0. The Morgan fingerprint density at radius 3 is 2.31 bits per heavy atom. The lowest BCUT2D eigenvalue weighted by atomic mass is 9.95. The molecule has 1 saturated carbocycles. The van der Waals surface area contributed by atoms with Gasteiger partial charge in [-0.1, -0.05) is 18.2 Å². The Bertz CT molecular complexity index is 1070. The molecule has 3 aromatic rings. The Kier molecular flexibility index (Phi) is 3.78. The Morgan fingerprint density at radius 1 is 1.07 bits per heavy atom. The number of carbonyl (C=O) groups excluding carboxylic acids is 1. The highest BCUT2D eigenvalue weighted by Crippen LogP contribution is 2.65. The van der Waals surface area contributed by atoms with Gasteiger partial charge in [-0.2, -0.15) is 5.10 Å². The molecule has 1 aliphatic carbocycles. The fourth-order valence-corrected chi connectivity index (χ4v) is 3.93. The number of aromatic nitrogens is 2. The smallest absolute Gasteiger partial charge is 0.274 e. The summed E-state index contributed by atoms with van der Waals surface area (Å²) in [5.74, 6) is -2.23. The second-order valence-corrected chi connectivity index (χ2v) is 7.71. The largest absolute Gasteiger partial charge is 0.497 e. The summed E-state index contributed by atoms with van der Waals surface area (Å²) in [7, 11) is 1.60. The van der Waals surface area contributed by atoms with Gasteiger partial charge in [0.2, 0.25) is 0 Å². The summed E-state index contributed by atoms with van der Waals surface area (Å²) in [6.45, 7) is 0.184. The first kappa shape index (κ1) is 17.8. The van der Waals surface area contributed by atoms with E-state index in [0.717, 1.165) is 22.7 Å². The number of alkyl halides is 2. The molecule has 7 heteroatoms. The van der Waals surface area contributed by atoms with E-state index in [9.17, 15) is 13.6 Å². The molecular formula is C22H19F2N3O2. The molecule has 29 heavy (non-hydrogen) atoms.